The summed E-state index contributed by atoms with van der Waals surface area (Å²) in [7, 11) is 0. The van der Waals surface area contributed by atoms with Crippen LogP contribution in [0.5, 0.6) is 11.5 Å². The third kappa shape index (κ3) is 4.76. The highest BCUT2D eigenvalue weighted by molar-refractivity contribution is 9.11. The normalized spacial score (nSPS) is 10.4. The van der Waals surface area contributed by atoms with E-state index in [1.165, 1.54) is 0 Å². The van der Waals surface area contributed by atoms with E-state index in [-0.39, 0.29) is 0 Å². The number of hydrogen-bond acceptors (Lipinski definition) is 2. The molecule has 0 heterocycles. The summed E-state index contributed by atoms with van der Waals surface area (Å²) in [4.78, 5) is 0. The van der Waals surface area contributed by atoms with E-state index in [1.54, 1.807) is 0 Å². The number of rotatable bonds is 5. The van der Waals surface area contributed by atoms with Gasteiger partial charge >= 0.3 is 0 Å². The largest absolute Gasteiger partial charge is 0.490 e. The third-order valence-corrected chi connectivity index (χ3v) is 4.49. The molecule has 0 N–H and O–H groups in total. The minimum atomic E-state index is 0.464. The van der Waals surface area contributed by atoms with Crippen LogP contribution in [-0.2, 0) is 0 Å². The van der Waals surface area contributed by atoms with Gasteiger partial charge in [0.1, 0.15) is 24.7 Å². The van der Waals surface area contributed by atoms with Gasteiger partial charge in [-0.15, -0.1) is 0 Å². The summed E-state index contributed by atoms with van der Waals surface area (Å²) in [6.07, 6.45) is 0. The van der Waals surface area contributed by atoms with Crippen LogP contribution in [-0.4, -0.2) is 13.2 Å². The van der Waals surface area contributed by atoms with Crippen molar-refractivity contribution in [3.05, 3.63) is 54.3 Å². The van der Waals surface area contributed by atoms with E-state index in [4.69, 9.17) is 9.47 Å². The van der Waals surface area contributed by atoms with Crippen molar-refractivity contribution in [2.24, 2.45) is 0 Å². The van der Waals surface area contributed by atoms with E-state index in [0.29, 0.717) is 13.2 Å². The predicted molar refractivity (Wildman–Crippen MR) is 94.7 cm³/mol. The summed E-state index contributed by atoms with van der Waals surface area (Å²) in [6, 6.07) is 11.6. The Morgan fingerprint density at radius 3 is 2.05 bits per heavy atom. The highest BCUT2D eigenvalue weighted by atomic mass is 79.9. The Morgan fingerprint density at radius 1 is 0.750 bits per heavy atom. The maximum absolute atomic E-state index is 5.72. The van der Waals surface area contributed by atoms with Gasteiger partial charge in [-0.3, -0.25) is 0 Å². The molecule has 0 bridgehead atoms. The van der Waals surface area contributed by atoms with Gasteiger partial charge in [0.2, 0.25) is 0 Å². The van der Waals surface area contributed by atoms with Crippen LogP contribution in [0.1, 0.15) is 0 Å². The van der Waals surface area contributed by atoms with Crippen LogP contribution in [0.15, 0.2) is 54.3 Å². The molecule has 2 nitrogen and oxygen atoms in total. The molecule has 0 radical (unpaired) electrons. The average Bonchev–Trinajstić information content (AvgIpc) is 2.36. The molecule has 2 rings (SSSR count). The maximum Gasteiger partial charge on any atom is 0.147 e. The highest BCUT2D eigenvalue weighted by Gasteiger charge is 2.08. The monoisotopic (exact) mass is 526 g/mol. The molecule has 0 aliphatic rings. The molecule has 6 heteroatoms. The Kier molecular flexibility index (Phi) is 6.39. The molecule has 106 valence electrons. The quantitative estimate of drug-likeness (QED) is 0.430. The van der Waals surface area contributed by atoms with Gasteiger partial charge in [0, 0.05) is 8.95 Å². The highest BCUT2D eigenvalue weighted by Crippen LogP contribution is 2.36. The van der Waals surface area contributed by atoms with Crippen molar-refractivity contribution in [2.75, 3.05) is 13.2 Å². The summed E-state index contributed by atoms with van der Waals surface area (Å²) in [5.74, 6) is 1.59. The van der Waals surface area contributed by atoms with Gasteiger partial charge in [0.25, 0.3) is 0 Å². The van der Waals surface area contributed by atoms with E-state index in [2.05, 4.69) is 63.7 Å². The van der Waals surface area contributed by atoms with Crippen molar-refractivity contribution >= 4 is 63.7 Å². The lowest BCUT2D eigenvalue weighted by Gasteiger charge is -2.11. The van der Waals surface area contributed by atoms with Gasteiger partial charge < -0.3 is 9.47 Å². The van der Waals surface area contributed by atoms with E-state index >= 15 is 0 Å². The molecule has 0 fully saturated rings. The van der Waals surface area contributed by atoms with Crippen molar-refractivity contribution in [1.29, 1.82) is 0 Å². The summed E-state index contributed by atoms with van der Waals surface area (Å²) in [6.45, 7) is 0.941. The molecule has 0 unspecified atom stereocenters. The summed E-state index contributed by atoms with van der Waals surface area (Å²) < 4.78 is 15.1. The molecule has 0 aromatic heterocycles. The van der Waals surface area contributed by atoms with Crippen LogP contribution in [0, 0.1) is 0 Å². The fourth-order valence-corrected chi connectivity index (χ4v) is 4.39. The molecule has 0 aliphatic heterocycles. The standard InChI is InChI=1S/C14H10Br4O2/c15-9-2-1-3-11(6-9)19-4-5-20-14-12(17)7-10(16)8-13(14)18/h1-3,6-8H,4-5H2. The fraction of sp³-hybridized carbons (Fsp3) is 0.143. The van der Waals surface area contributed by atoms with Gasteiger partial charge in [-0.1, -0.05) is 37.9 Å². The van der Waals surface area contributed by atoms with Crippen LogP contribution in [0.3, 0.4) is 0 Å². The van der Waals surface area contributed by atoms with Crippen LogP contribution >= 0.6 is 63.7 Å². The first-order chi connectivity index (χ1) is 9.56. The van der Waals surface area contributed by atoms with Crippen LogP contribution in [0.4, 0.5) is 0 Å². The van der Waals surface area contributed by atoms with Crippen molar-refractivity contribution in [2.45, 2.75) is 0 Å². The Morgan fingerprint density at radius 2 is 1.40 bits per heavy atom. The molecular weight excluding hydrogens is 520 g/mol. The van der Waals surface area contributed by atoms with E-state index < -0.39 is 0 Å². The minimum absolute atomic E-state index is 0.464. The second-order valence-electron chi connectivity index (χ2n) is 3.85. The molecular formula is C14H10Br4O2. The zero-order valence-corrected chi connectivity index (χ0v) is 16.6. The summed E-state index contributed by atoms with van der Waals surface area (Å²) in [5.41, 5.74) is 0. The molecule has 0 amide bonds. The zero-order valence-electron chi connectivity index (χ0n) is 10.2. The van der Waals surface area contributed by atoms with Crippen LogP contribution < -0.4 is 9.47 Å². The molecule has 0 atom stereocenters. The van der Waals surface area contributed by atoms with Crippen molar-refractivity contribution in [1.82, 2.24) is 0 Å². The number of ether oxygens (including phenoxy) is 2. The SMILES string of the molecule is Brc1cccc(OCCOc2c(Br)cc(Br)cc2Br)c1. The van der Waals surface area contributed by atoms with Crippen LogP contribution in [0.2, 0.25) is 0 Å². The van der Waals surface area contributed by atoms with Crippen molar-refractivity contribution < 1.29 is 9.47 Å². The fourth-order valence-electron chi connectivity index (χ4n) is 1.53. The molecule has 2 aromatic carbocycles. The Balaban J connectivity index is 1.88. The smallest absolute Gasteiger partial charge is 0.147 e. The second kappa shape index (κ2) is 7.82. The van der Waals surface area contributed by atoms with Crippen LogP contribution in [0.25, 0.3) is 0 Å². The first-order valence-electron chi connectivity index (χ1n) is 5.72. The van der Waals surface area contributed by atoms with Crippen molar-refractivity contribution in [3.63, 3.8) is 0 Å². The van der Waals surface area contributed by atoms with Crippen molar-refractivity contribution in [3.8, 4) is 11.5 Å². The molecule has 2 aromatic rings. The number of halogens is 4. The van der Waals surface area contributed by atoms with Gasteiger partial charge in [-0.25, -0.2) is 0 Å². The first kappa shape index (κ1) is 16.3. The topological polar surface area (TPSA) is 18.5 Å². The van der Waals surface area contributed by atoms with Gasteiger partial charge in [-0.05, 0) is 62.2 Å². The molecule has 0 aliphatic carbocycles. The number of hydrogen-bond donors (Lipinski definition) is 0. The second-order valence-corrected chi connectivity index (χ2v) is 7.39. The summed E-state index contributed by atoms with van der Waals surface area (Å²) in [5, 5.41) is 0. The molecule has 20 heavy (non-hydrogen) atoms. The van der Waals surface area contributed by atoms with E-state index in [9.17, 15) is 0 Å². The molecule has 0 spiro atoms. The zero-order chi connectivity index (χ0) is 14.5. The summed E-state index contributed by atoms with van der Waals surface area (Å²) >= 11 is 13.8. The Labute approximate surface area is 151 Å². The predicted octanol–water partition coefficient (Wildman–Crippen LogP) is 6.19. The van der Waals surface area contributed by atoms with Gasteiger partial charge in [0.05, 0.1) is 8.95 Å². The maximum atomic E-state index is 5.72. The molecule has 0 saturated heterocycles. The lowest BCUT2D eigenvalue weighted by molar-refractivity contribution is 0.215. The lowest BCUT2D eigenvalue weighted by atomic mass is 10.3. The minimum Gasteiger partial charge on any atom is -0.490 e. The number of benzene rings is 2. The van der Waals surface area contributed by atoms with Gasteiger partial charge in [0.15, 0.2) is 0 Å². The van der Waals surface area contributed by atoms with Gasteiger partial charge in [-0.2, -0.15) is 0 Å². The van der Waals surface area contributed by atoms with E-state index in [1.807, 2.05) is 36.4 Å². The molecule has 0 saturated carbocycles. The van der Waals surface area contributed by atoms with E-state index in [0.717, 1.165) is 29.4 Å². The Bertz CT molecular complexity index is 578. The third-order valence-electron chi connectivity index (χ3n) is 2.36. The average molecular weight is 530 g/mol. The Hall–Kier alpha value is -0.0400. The lowest BCUT2D eigenvalue weighted by Crippen LogP contribution is -2.09. The first-order valence-corrected chi connectivity index (χ1v) is 8.89.